The van der Waals surface area contributed by atoms with Crippen LogP contribution < -0.4 is 9.80 Å². The van der Waals surface area contributed by atoms with E-state index >= 15 is 0 Å². The molecule has 1 aliphatic rings. The van der Waals surface area contributed by atoms with Gasteiger partial charge in [0.15, 0.2) is 0 Å². The summed E-state index contributed by atoms with van der Waals surface area (Å²) in [6.45, 7) is 6.51. The lowest BCUT2D eigenvalue weighted by atomic mass is 10.1. The highest BCUT2D eigenvalue weighted by Crippen LogP contribution is 2.33. The lowest BCUT2D eigenvalue weighted by Gasteiger charge is -2.28. The third-order valence-corrected chi connectivity index (χ3v) is 4.86. The second-order valence-electron chi connectivity index (χ2n) is 6.71. The Labute approximate surface area is 157 Å². The van der Waals surface area contributed by atoms with Gasteiger partial charge in [-0.2, -0.15) is 0 Å². The van der Waals surface area contributed by atoms with Gasteiger partial charge in [-0.3, -0.25) is 4.79 Å². The second kappa shape index (κ2) is 7.00. The zero-order chi connectivity index (χ0) is 19.0. The van der Waals surface area contributed by atoms with Crippen molar-refractivity contribution in [1.82, 2.24) is 9.97 Å². The molecule has 7 nitrogen and oxygen atoms in total. The summed E-state index contributed by atoms with van der Waals surface area (Å²) in [6.07, 6.45) is 1.48. The molecular formula is C20H22N4O3. The maximum Gasteiger partial charge on any atom is 0.262 e. The molecule has 27 heavy (non-hydrogen) atoms. The number of hydrogen-bond donors (Lipinski definition) is 0. The number of amides is 1. The number of hydrogen-bond acceptors (Lipinski definition) is 6. The van der Waals surface area contributed by atoms with E-state index in [0.29, 0.717) is 35.6 Å². The van der Waals surface area contributed by atoms with Crippen LogP contribution in [0.5, 0.6) is 0 Å². The Morgan fingerprint density at radius 2 is 1.96 bits per heavy atom. The molecule has 1 amide bonds. The van der Waals surface area contributed by atoms with Gasteiger partial charge in [0.1, 0.15) is 17.9 Å². The van der Waals surface area contributed by atoms with Crippen molar-refractivity contribution in [2.75, 3.05) is 43.2 Å². The second-order valence-corrected chi connectivity index (χ2v) is 6.71. The van der Waals surface area contributed by atoms with Crippen molar-refractivity contribution in [2.45, 2.75) is 13.8 Å². The summed E-state index contributed by atoms with van der Waals surface area (Å²) in [5, 5.41) is 0.668. The average molecular weight is 366 g/mol. The van der Waals surface area contributed by atoms with Gasteiger partial charge in [-0.1, -0.05) is 12.1 Å². The molecular weight excluding hydrogens is 344 g/mol. The molecule has 1 aromatic carbocycles. The zero-order valence-electron chi connectivity index (χ0n) is 15.7. The molecule has 0 unspecified atom stereocenters. The summed E-state index contributed by atoms with van der Waals surface area (Å²) in [5.74, 6) is 1.13. The first kappa shape index (κ1) is 17.5. The summed E-state index contributed by atoms with van der Waals surface area (Å²) in [6, 6.07) is 7.85. The van der Waals surface area contributed by atoms with Crippen LogP contribution in [-0.4, -0.2) is 49.2 Å². The first-order chi connectivity index (χ1) is 13.1. The van der Waals surface area contributed by atoms with E-state index in [-0.39, 0.29) is 5.91 Å². The number of carbonyl (C=O) groups is 1. The highest BCUT2D eigenvalue weighted by molar-refractivity contribution is 6.16. The van der Waals surface area contributed by atoms with Crippen LogP contribution in [0.2, 0.25) is 0 Å². The Bertz CT molecular complexity index is 992. The van der Waals surface area contributed by atoms with Crippen LogP contribution in [0, 0.1) is 13.8 Å². The molecule has 1 fully saturated rings. The summed E-state index contributed by atoms with van der Waals surface area (Å²) in [4.78, 5) is 25.8. The van der Waals surface area contributed by atoms with Gasteiger partial charge in [-0.05, 0) is 31.5 Å². The van der Waals surface area contributed by atoms with E-state index in [1.807, 2.05) is 31.2 Å². The number of ether oxygens (including phenoxy) is 1. The van der Waals surface area contributed by atoms with Crippen LogP contribution >= 0.6 is 0 Å². The van der Waals surface area contributed by atoms with E-state index in [2.05, 4.69) is 14.9 Å². The number of morpholine rings is 1. The van der Waals surface area contributed by atoms with E-state index in [1.54, 1.807) is 18.9 Å². The number of aromatic nitrogens is 2. The van der Waals surface area contributed by atoms with Crippen molar-refractivity contribution in [1.29, 1.82) is 0 Å². The molecule has 0 N–H and O–H groups in total. The SMILES string of the molecule is Cc1cccc(N(C)C(=O)c2c(C)oc3ncnc(N4CCOCC4)c23)c1. The Kier molecular flexibility index (Phi) is 4.53. The van der Waals surface area contributed by atoms with Gasteiger partial charge in [0.2, 0.25) is 5.71 Å². The number of furan rings is 1. The maximum absolute atomic E-state index is 13.4. The number of fused-ring (bicyclic) bond motifs is 1. The van der Waals surface area contributed by atoms with E-state index in [9.17, 15) is 4.79 Å². The molecule has 0 atom stereocenters. The average Bonchev–Trinajstić information content (AvgIpc) is 3.03. The Hall–Kier alpha value is -2.93. The third kappa shape index (κ3) is 3.14. The molecule has 140 valence electrons. The van der Waals surface area contributed by atoms with Gasteiger partial charge in [-0.25, -0.2) is 9.97 Å². The third-order valence-electron chi connectivity index (χ3n) is 4.86. The van der Waals surface area contributed by atoms with Crippen molar-refractivity contribution in [3.63, 3.8) is 0 Å². The number of anilines is 2. The van der Waals surface area contributed by atoms with Crippen molar-refractivity contribution in [2.24, 2.45) is 0 Å². The predicted octanol–water partition coefficient (Wildman–Crippen LogP) is 2.95. The highest BCUT2D eigenvalue weighted by Gasteiger charge is 2.28. The Morgan fingerprint density at radius 3 is 2.70 bits per heavy atom. The van der Waals surface area contributed by atoms with Gasteiger partial charge >= 0.3 is 0 Å². The minimum Gasteiger partial charge on any atom is -0.442 e. The summed E-state index contributed by atoms with van der Waals surface area (Å²) in [5.41, 5.74) is 2.87. The lowest BCUT2D eigenvalue weighted by Crippen LogP contribution is -2.37. The fraction of sp³-hybridized carbons (Fsp3) is 0.350. The van der Waals surface area contributed by atoms with Gasteiger partial charge in [0.05, 0.1) is 24.2 Å². The van der Waals surface area contributed by atoms with E-state index in [0.717, 1.165) is 30.2 Å². The summed E-state index contributed by atoms with van der Waals surface area (Å²) < 4.78 is 11.2. The smallest absolute Gasteiger partial charge is 0.262 e. The summed E-state index contributed by atoms with van der Waals surface area (Å²) in [7, 11) is 1.77. The predicted molar refractivity (Wildman–Crippen MR) is 103 cm³/mol. The van der Waals surface area contributed by atoms with Gasteiger partial charge in [0.25, 0.3) is 5.91 Å². The molecule has 0 saturated carbocycles. The van der Waals surface area contributed by atoms with Crippen LogP contribution in [0.4, 0.5) is 11.5 Å². The number of carbonyl (C=O) groups excluding carboxylic acids is 1. The molecule has 0 spiro atoms. The minimum atomic E-state index is -0.138. The van der Waals surface area contributed by atoms with Crippen LogP contribution in [0.15, 0.2) is 35.0 Å². The minimum absolute atomic E-state index is 0.138. The van der Waals surface area contributed by atoms with Gasteiger partial charge < -0.3 is 19.0 Å². The molecule has 0 bridgehead atoms. The molecule has 0 radical (unpaired) electrons. The molecule has 1 saturated heterocycles. The standard InChI is InChI=1S/C20H22N4O3/c1-13-5-4-6-15(11-13)23(3)20(25)16-14(2)27-19-17(16)18(21-12-22-19)24-7-9-26-10-8-24/h4-6,11-12H,7-10H2,1-3H3. The first-order valence-corrected chi connectivity index (χ1v) is 8.98. The Morgan fingerprint density at radius 1 is 1.19 bits per heavy atom. The molecule has 2 aromatic heterocycles. The van der Waals surface area contributed by atoms with Crippen molar-refractivity contribution >= 4 is 28.5 Å². The molecule has 3 heterocycles. The first-order valence-electron chi connectivity index (χ1n) is 8.98. The van der Waals surface area contributed by atoms with Crippen LogP contribution in [0.1, 0.15) is 21.7 Å². The maximum atomic E-state index is 13.4. The molecule has 1 aliphatic heterocycles. The number of rotatable bonds is 3. The van der Waals surface area contributed by atoms with Crippen molar-refractivity contribution < 1.29 is 13.9 Å². The van der Waals surface area contributed by atoms with Crippen LogP contribution in [0.3, 0.4) is 0 Å². The number of aryl methyl sites for hydroxylation is 2. The molecule has 4 rings (SSSR count). The normalized spacial score (nSPS) is 14.6. The van der Waals surface area contributed by atoms with Crippen LogP contribution in [0.25, 0.3) is 11.1 Å². The van der Waals surface area contributed by atoms with Crippen molar-refractivity contribution in [3.05, 3.63) is 47.5 Å². The largest absolute Gasteiger partial charge is 0.442 e. The number of benzene rings is 1. The van der Waals surface area contributed by atoms with Gasteiger partial charge in [-0.15, -0.1) is 0 Å². The van der Waals surface area contributed by atoms with E-state index in [4.69, 9.17) is 9.15 Å². The van der Waals surface area contributed by atoms with Crippen LogP contribution in [-0.2, 0) is 4.74 Å². The fourth-order valence-electron chi connectivity index (χ4n) is 3.42. The summed E-state index contributed by atoms with van der Waals surface area (Å²) >= 11 is 0. The Balaban J connectivity index is 1.81. The number of nitrogens with zero attached hydrogens (tertiary/aromatic N) is 4. The molecule has 0 aliphatic carbocycles. The van der Waals surface area contributed by atoms with E-state index in [1.165, 1.54) is 6.33 Å². The molecule has 7 heteroatoms. The van der Waals surface area contributed by atoms with E-state index < -0.39 is 0 Å². The monoisotopic (exact) mass is 366 g/mol. The topological polar surface area (TPSA) is 71.7 Å². The fourth-order valence-corrected chi connectivity index (χ4v) is 3.42. The molecule has 3 aromatic rings. The zero-order valence-corrected chi connectivity index (χ0v) is 15.7. The highest BCUT2D eigenvalue weighted by atomic mass is 16.5. The lowest BCUT2D eigenvalue weighted by molar-refractivity contribution is 0.0993. The van der Waals surface area contributed by atoms with Gasteiger partial charge in [0, 0.05) is 25.8 Å². The quantitative estimate of drug-likeness (QED) is 0.710. The van der Waals surface area contributed by atoms with Crippen molar-refractivity contribution in [3.8, 4) is 0 Å².